The van der Waals surface area contributed by atoms with Crippen molar-refractivity contribution in [2.24, 2.45) is 0 Å². The fraction of sp³-hybridized carbons (Fsp3) is 0.364. The molecule has 0 fully saturated rings. The van der Waals surface area contributed by atoms with Gasteiger partial charge in [0.25, 0.3) is 0 Å². The van der Waals surface area contributed by atoms with Crippen molar-refractivity contribution in [3.63, 3.8) is 0 Å². The van der Waals surface area contributed by atoms with Gasteiger partial charge in [0, 0.05) is 13.1 Å². The van der Waals surface area contributed by atoms with Crippen molar-refractivity contribution in [1.29, 1.82) is 0 Å². The molecule has 2 aromatic carbocycles. The molecule has 6 heteroatoms. The molecule has 0 aliphatic rings. The number of thiazole rings is 1. The molecule has 0 bridgehead atoms. The Morgan fingerprint density at radius 3 is 2.36 bits per heavy atom. The average Bonchev–Trinajstić information content (AvgIpc) is 3.00. The zero-order valence-electron chi connectivity index (χ0n) is 17.2. The average molecular weight is 418 g/mol. The van der Waals surface area contributed by atoms with Crippen molar-refractivity contribution < 1.29 is 4.79 Å². The molecule has 0 radical (unpaired) electrons. The van der Waals surface area contributed by atoms with Gasteiger partial charge in [0.05, 0.1) is 16.6 Å². The van der Waals surface area contributed by atoms with E-state index in [1.165, 1.54) is 11.1 Å². The van der Waals surface area contributed by atoms with Gasteiger partial charge in [-0.3, -0.25) is 9.69 Å². The molecule has 0 spiro atoms. The van der Waals surface area contributed by atoms with E-state index in [0.717, 1.165) is 33.0 Å². The summed E-state index contributed by atoms with van der Waals surface area (Å²) in [7, 11) is 4.04. The van der Waals surface area contributed by atoms with Gasteiger partial charge in [-0.2, -0.15) is 0 Å². The molecule has 1 aromatic heterocycles. The van der Waals surface area contributed by atoms with Crippen molar-refractivity contribution in [3.05, 3.63) is 58.7 Å². The third kappa shape index (κ3) is 5.31. The molecule has 0 unspecified atom stereocenters. The Balaban J connectivity index is 0.00000280. The Morgan fingerprint density at radius 2 is 1.68 bits per heavy atom. The summed E-state index contributed by atoms with van der Waals surface area (Å²) >= 11 is 1.59. The lowest BCUT2D eigenvalue weighted by Gasteiger charge is -2.22. The van der Waals surface area contributed by atoms with E-state index in [0.29, 0.717) is 13.0 Å². The van der Waals surface area contributed by atoms with E-state index in [-0.39, 0.29) is 18.3 Å². The first-order chi connectivity index (χ1) is 12.8. The SMILES string of the molecule is Cc1ccc(CC(=O)N(CCN(C)C)c2nc3ccc(C)cc3s2)c(C)c1.Cl. The van der Waals surface area contributed by atoms with E-state index in [1.807, 2.05) is 25.1 Å². The minimum atomic E-state index is 0. The molecule has 1 heterocycles. The number of fused-ring (bicyclic) bond motifs is 1. The number of carbonyl (C=O) groups excluding carboxylic acids is 1. The number of nitrogens with zero attached hydrogens (tertiary/aromatic N) is 3. The Morgan fingerprint density at radius 1 is 1.00 bits per heavy atom. The lowest BCUT2D eigenvalue weighted by atomic mass is 10.0. The first-order valence-corrected chi connectivity index (χ1v) is 10.0. The highest BCUT2D eigenvalue weighted by molar-refractivity contribution is 7.22. The molecule has 1 amide bonds. The number of amides is 1. The lowest BCUT2D eigenvalue weighted by Crippen LogP contribution is -2.37. The summed E-state index contributed by atoms with van der Waals surface area (Å²) in [5.41, 5.74) is 5.62. The van der Waals surface area contributed by atoms with Crippen molar-refractivity contribution in [2.75, 3.05) is 32.1 Å². The third-order valence-corrected chi connectivity index (χ3v) is 5.72. The summed E-state index contributed by atoms with van der Waals surface area (Å²) < 4.78 is 1.12. The van der Waals surface area contributed by atoms with Crippen LogP contribution in [0.2, 0.25) is 0 Å². The van der Waals surface area contributed by atoms with Crippen molar-refractivity contribution in [3.8, 4) is 0 Å². The Kier molecular flexibility index (Phi) is 7.58. The number of rotatable bonds is 6. The van der Waals surface area contributed by atoms with E-state index in [2.05, 4.69) is 56.0 Å². The van der Waals surface area contributed by atoms with Crippen LogP contribution in [0.25, 0.3) is 10.2 Å². The minimum Gasteiger partial charge on any atom is -0.308 e. The maximum absolute atomic E-state index is 13.2. The standard InChI is InChI=1S/C22H27N3OS.ClH/c1-15-6-8-18(17(3)12-15)14-21(26)25(11-10-24(4)5)22-23-19-9-7-16(2)13-20(19)27-22;/h6-9,12-13H,10-11,14H2,1-5H3;1H. The summed E-state index contributed by atoms with van der Waals surface area (Å²) in [6, 6.07) is 12.5. The van der Waals surface area contributed by atoms with Gasteiger partial charge in [-0.25, -0.2) is 4.98 Å². The first kappa shape index (κ1) is 22.3. The molecule has 3 aromatic rings. The molecular weight excluding hydrogens is 390 g/mol. The molecule has 150 valence electrons. The van der Waals surface area contributed by atoms with Crippen LogP contribution in [0.15, 0.2) is 36.4 Å². The van der Waals surface area contributed by atoms with Crippen molar-refractivity contribution in [2.45, 2.75) is 27.2 Å². The van der Waals surface area contributed by atoms with Crippen LogP contribution in [0.5, 0.6) is 0 Å². The highest BCUT2D eigenvalue weighted by Crippen LogP contribution is 2.30. The summed E-state index contributed by atoms with van der Waals surface area (Å²) in [5.74, 6) is 0.0968. The van der Waals surface area contributed by atoms with E-state index in [1.54, 1.807) is 11.3 Å². The Bertz CT molecular complexity index is 968. The van der Waals surface area contributed by atoms with E-state index < -0.39 is 0 Å². The lowest BCUT2D eigenvalue weighted by molar-refractivity contribution is -0.118. The predicted octanol–water partition coefficient (Wildman–Crippen LogP) is 4.78. The summed E-state index contributed by atoms with van der Waals surface area (Å²) in [6.45, 7) is 7.66. The number of aromatic nitrogens is 1. The molecule has 0 atom stereocenters. The summed E-state index contributed by atoms with van der Waals surface area (Å²) in [6.07, 6.45) is 0.397. The molecule has 0 N–H and O–H groups in total. The predicted molar refractivity (Wildman–Crippen MR) is 122 cm³/mol. The van der Waals surface area contributed by atoms with Gasteiger partial charge < -0.3 is 4.90 Å². The highest BCUT2D eigenvalue weighted by Gasteiger charge is 2.20. The van der Waals surface area contributed by atoms with E-state index in [4.69, 9.17) is 4.98 Å². The van der Waals surface area contributed by atoms with Crippen LogP contribution < -0.4 is 4.90 Å². The quantitative estimate of drug-likeness (QED) is 0.579. The first-order valence-electron chi connectivity index (χ1n) is 9.22. The number of benzene rings is 2. The minimum absolute atomic E-state index is 0. The number of halogens is 1. The van der Waals surface area contributed by atoms with Gasteiger partial charge in [-0.15, -0.1) is 12.4 Å². The van der Waals surface area contributed by atoms with Gasteiger partial charge in [0.15, 0.2) is 5.13 Å². The van der Waals surface area contributed by atoms with E-state index in [9.17, 15) is 4.79 Å². The fourth-order valence-corrected chi connectivity index (χ4v) is 4.17. The second-order valence-electron chi connectivity index (χ2n) is 7.42. The van der Waals surface area contributed by atoms with Gasteiger partial charge in [-0.1, -0.05) is 41.2 Å². The molecule has 0 aliphatic heterocycles. The Hall–Kier alpha value is -1.95. The van der Waals surface area contributed by atoms with Crippen molar-refractivity contribution in [1.82, 2.24) is 9.88 Å². The number of aryl methyl sites for hydroxylation is 3. The normalized spacial score (nSPS) is 10.9. The number of hydrogen-bond donors (Lipinski definition) is 0. The van der Waals surface area contributed by atoms with Crippen LogP contribution in [0, 0.1) is 20.8 Å². The molecule has 0 saturated carbocycles. The van der Waals surface area contributed by atoms with Gasteiger partial charge in [0.2, 0.25) is 5.91 Å². The Labute approximate surface area is 177 Å². The summed E-state index contributed by atoms with van der Waals surface area (Å²) in [4.78, 5) is 21.9. The van der Waals surface area contributed by atoms with Crippen LogP contribution in [0.1, 0.15) is 22.3 Å². The zero-order valence-corrected chi connectivity index (χ0v) is 18.8. The maximum atomic E-state index is 13.2. The number of hydrogen-bond acceptors (Lipinski definition) is 4. The molecule has 0 aliphatic carbocycles. The van der Waals surface area contributed by atoms with Crippen LogP contribution in [0.4, 0.5) is 5.13 Å². The molecule has 4 nitrogen and oxygen atoms in total. The second kappa shape index (κ2) is 9.50. The fourth-order valence-electron chi connectivity index (χ4n) is 3.06. The topological polar surface area (TPSA) is 36.4 Å². The zero-order chi connectivity index (χ0) is 19.6. The smallest absolute Gasteiger partial charge is 0.233 e. The highest BCUT2D eigenvalue weighted by atomic mass is 35.5. The molecule has 28 heavy (non-hydrogen) atoms. The monoisotopic (exact) mass is 417 g/mol. The van der Waals surface area contributed by atoms with Crippen LogP contribution >= 0.6 is 23.7 Å². The van der Waals surface area contributed by atoms with Crippen molar-refractivity contribution >= 4 is 45.0 Å². The number of anilines is 1. The third-order valence-electron chi connectivity index (χ3n) is 4.68. The molecule has 3 rings (SSSR count). The largest absolute Gasteiger partial charge is 0.308 e. The van der Waals surface area contributed by atoms with Crippen LogP contribution in [0.3, 0.4) is 0 Å². The number of carbonyl (C=O) groups is 1. The van der Waals surface area contributed by atoms with Gasteiger partial charge in [-0.05, 0) is 63.7 Å². The maximum Gasteiger partial charge on any atom is 0.233 e. The second-order valence-corrected chi connectivity index (χ2v) is 8.43. The molecule has 0 saturated heterocycles. The van der Waals surface area contributed by atoms with Crippen LogP contribution in [-0.4, -0.2) is 43.0 Å². The summed E-state index contributed by atoms with van der Waals surface area (Å²) in [5, 5.41) is 0.784. The van der Waals surface area contributed by atoms with Gasteiger partial charge in [0.1, 0.15) is 0 Å². The van der Waals surface area contributed by atoms with E-state index >= 15 is 0 Å². The molecular formula is C22H28ClN3OS. The van der Waals surface area contributed by atoms with Crippen LogP contribution in [-0.2, 0) is 11.2 Å². The van der Waals surface area contributed by atoms with Gasteiger partial charge >= 0.3 is 0 Å². The number of likely N-dealkylation sites (N-methyl/N-ethyl adjacent to an activating group) is 1.